The quantitative estimate of drug-likeness (QED) is 0.704. The van der Waals surface area contributed by atoms with Gasteiger partial charge in [0, 0.05) is 25.2 Å². The summed E-state index contributed by atoms with van der Waals surface area (Å²) in [5.74, 6) is 0.809. The van der Waals surface area contributed by atoms with Crippen LogP contribution in [0.2, 0.25) is 0 Å². The molecule has 30 heavy (non-hydrogen) atoms. The van der Waals surface area contributed by atoms with Crippen molar-refractivity contribution in [3.05, 3.63) is 18.2 Å². The zero-order valence-electron chi connectivity index (χ0n) is 18.1. The molecule has 0 aromatic heterocycles. The molecule has 1 aliphatic carbocycles. The SMILES string of the molecule is CCN(CC)C(=O)CN1C(=O)COc2ccc(NC(=O)CCC3CCCCC3)cc21. The van der Waals surface area contributed by atoms with Gasteiger partial charge in [0.15, 0.2) is 6.61 Å². The monoisotopic (exact) mass is 415 g/mol. The molecular formula is C23H33N3O4. The van der Waals surface area contributed by atoms with Crippen LogP contribution in [0.3, 0.4) is 0 Å². The number of likely N-dealkylation sites (N-methyl/N-ethyl adjacent to an activating group) is 1. The topological polar surface area (TPSA) is 79.0 Å². The van der Waals surface area contributed by atoms with Crippen molar-refractivity contribution in [2.24, 2.45) is 5.92 Å². The van der Waals surface area contributed by atoms with Crippen LogP contribution in [0.4, 0.5) is 11.4 Å². The molecule has 1 aromatic carbocycles. The van der Waals surface area contributed by atoms with Crippen molar-refractivity contribution in [3.63, 3.8) is 0 Å². The van der Waals surface area contributed by atoms with Crippen LogP contribution in [0.15, 0.2) is 18.2 Å². The molecule has 1 aliphatic heterocycles. The fourth-order valence-corrected chi connectivity index (χ4v) is 4.30. The minimum absolute atomic E-state index is 0.0191. The van der Waals surface area contributed by atoms with Crippen LogP contribution in [-0.2, 0) is 14.4 Å². The van der Waals surface area contributed by atoms with Gasteiger partial charge in [-0.2, -0.15) is 0 Å². The Bertz CT molecular complexity index is 770. The summed E-state index contributed by atoms with van der Waals surface area (Å²) < 4.78 is 5.52. The Morgan fingerprint density at radius 3 is 2.60 bits per heavy atom. The second kappa shape index (κ2) is 10.5. The first kappa shape index (κ1) is 22.1. The number of benzene rings is 1. The van der Waals surface area contributed by atoms with Crippen LogP contribution < -0.4 is 15.0 Å². The standard InChI is InChI=1S/C23H33N3O4/c1-3-25(4-2)22(28)15-26-19-14-18(11-12-20(19)30-16-23(26)29)24-21(27)13-10-17-8-6-5-7-9-17/h11-12,14,17H,3-10,13,15-16H2,1-2H3,(H,24,27). The van der Waals surface area contributed by atoms with Crippen molar-refractivity contribution in [2.75, 3.05) is 36.5 Å². The molecule has 1 aromatic rings. The molecule has 1 heterocycles. The van der Waals surface area contributed by atoms with Crippen LogP contribution in [0.25, 0.3) is 0 Å². The molecule has 0 saturated heterocycles. The van der Waals surface area contributed by atoms with Gasteiger partial charge in [0.25, 0.3) is 5.91 Å². The van der Waals surface area contributed by atoms with Gasteiger partial charge in [-0.15, -0.1) is 0 Å². The fraction of sp³-hybridized carbons (Fsp3) is 0.609. The Balaban J connectivity index is 1.66. The van der Waals surface area contributed by atoms with Gasteiger partial charge in [-0.25, -0.2) is 0 Å². The van der Waals surface area contributed by atoms with E-state index in [2.05, 4.69) is 5.32 Å². The average Bonchev–Trinajstić information content (AvgIpc) is 2.76. The molecule has 3 rings (SSSR count). The first-order valence-corrected chi connectivity index (χ1v) is 11.2. The number of hydrogen-bond acceptors (Lipinski definition) is 4. The zero-order chi connectivity index (χ0) is 21.5. The number of ether oxygens (including phenoxy) is 1. The zero-order valence-corrected chi connectivity index (χ0v) is 18.1. The third kappa shape index (κ3) is 5.52. The van der Waals surface area contributed by atoms with Gasteiger partial charge in [-0.05, 0) is 44.4 Å². The summed E-state index contributed by atoms with van der Waals surface area (Å²) in [6.45, 7) is 4.89. The summed E-state index contributed by atoms with van der Waals surface area (Å²) in [6.07, 6.45) is 7.72. The number of carbonyl (C=O) groups is 3. The first-order valence-electron chi connectivity index (χ1n) is 11.2. The average molecular weight is 416 g/mol. The highest BCUT2D eigenvalue weighted by atomic mass is 16.5. The van der Waals surface area contributed by atoms with Crippen LogP contribution in [0.1, 0.15) is 58.8 Å². The molecule has 3 amide bonds. The Labute approximate surface area is 178 Å². The first-order chi connectivity index (χ1) is 14.5. The van der Waals surface area contributed by atoms with Crippen molar-refractivity contribution >= 4 is 29.1 Å². The van der Waals surface area contributed by atoms with Crippen molar-refractivity contribution < 1.29 is 19.1 Å². The molecule has 1 N–H and O–H groups in total. The Hall–Kier alpha value is -2.57. The number of fused-ring (bicyclic) bond motifs is 1. The number of nitrogens with zero attached hydrogens (tertiary/aromatic N) is 2. The van der Waals surface area contributed by atoms with Crippen molar-refractivity contribution in [1.29, 1.82) is 0 Å². The summed E-state index contributed by atoms with van der Waals surface area (Å²) in [7, 11) is 0. The number of carbonyl (C=O) groups excluding carboxylic acids is 3. The minimum Gasteiger partial charge on any atom is -0.482 e. The van der Waals surface area contributed by atoms with E-state index in [0.29, 0.717) is 42.6 Å². The van der Waals surface area contributed by atoms with E-state index in [0.717, 1.165) is 6.42 Å². The smallest absolute Gasteiger partial charge is 0.265 e. The molecule has 2 aliphatic rings. The lowest BCUT2D eigenvalue weighted by molar-refractivity contribution is -0.131. The normalized spacial score (nSPS) is 16.6. The Morgan fingerprint density at radius 2 is 1.90 bits per heavy atom. The summed E-state index contributed by atoms with van der Waals surface area (Å²) in [6, 6.07) is 5.24. The van der Waals surface area contributed by atoms with Crippen LogP contribution >= 0.6 is 0 Å². The van der Waals surface area contributed by atoms with Gasteiger partial charge in [0.2, 0.25) is 11.8 Å². The number of rotatable bonds is 8. The third-order valence-electron chi connectivity index (χ3n) is 6.10. The summed E-state index contributed by atoms with van der Waals surface area (Å²) in [5.41, 5.74) is 1.14. The van der Waals surface area contributed by atoms with Gasteiger partial charge in [-0.3, -0.25) is 19.3 Å². The molecule has 0 spiro atoms. The van der Waals surface area contributed by atoms with Gasteiger partial charge in [-0.1, -0.05) is 32.1 Å². The Morgan fingerprint density at radius 1 is 1.17 bits per heavy atom. The van der Waals surface area contributed by atoms with E-state index in [1.165, 1.54) is 37.0 Å². The summed E-state index contributed by atoms with van der Waals surface area (Å²) >= 11 is 0. The van der Waals surface area contributed by atoms with Crippen molar-refractivity contribution in [1.82, 2.24) is 4.90 Å². The Kier molecular flexibility index (Phi) is 7.71. The second-order valence-electron chi connectivity index (χ2n) is 8.11. The number of nitrogens with one attached hydrogen (secondary N) is 1. The lowest BCUT2D eigenvalue weighted by Crippen LogP contribution is -2.46. The van der Waals surface area contributed by atoms with Crippen LogP contribution in [0.5, 0.6) is 5.75 Å². The van der Waals surface area contributed by atoms with Gasteiger partial charge in [0.1, 0.15) is 12.3 Å². The maximum Gasteiger partial charge on any atom is 0.265 e. The predicted molar refractivity (Wildman–Crippen MR) is 117 cm³/mol. The molecule has 0 bridgehead atoms. The fourth-order valence-electron chi connectivity index (χ4n) is 4.30. The van der Waals surface area contributed by atoms with E-state index in [1.54, 1.807) is 23.1 Å². The summed E-state index contributed by atoms with van der Waals surface area (Å²) in [5, 5.41) is 2.94. The van der Waals surface area contributed by atoms with Crippen LogP contribution in [0, 0.1) is 5.92 Å². The largest absolute Gasteiger partial charge is 0.482 e. The van der Waals surface area contributed by atoms with E-state index in [-0.39, 0.29) is 30.9 Å². The van der Waals surface area contributed by atoms with Crippen molar-refractivity contribution in [2.45, 2.75) is 58.8 Å². The maximum atomic E-state index is 12.5. The number of anilines is 2. The minimum atomic E-state index is -0.260. The number of amides is 3. The lowest BCUT2D eigenvalue weighted by atomic mass is 9.86. The van der Waals surface area contributed by atoms with Crippen LogP contribution in [-0.4, -0.2) is 48.9 Å². The molecule has 164 valence electrons. The highest BCUT2D eigenvalue weighted by Gasteiger charge is 2.29. The maximum absolute atomic E-state index is 12.5. The summed E-state index contributed by atoms with van der Waals surface area (Å²) in [4.78, 5) is 40.6. The predicted octanol–water partition coefficient (Wildman–Crippen LogP) is 3.58. The molecule has 1 saturated carbocycles. The molecular weight excluding hydrogens is 382 g/mol. The molecule has 0 atom stereocenters. The molecule has 0 unspecified atom stereocenters. The van der Waals surface area contributed by atoms with E-state index in [9.17, 15) is 14.4 Å². The van der Waals surface area contributed by atoms with E-state index >= 15 is 0 Å². The van der Waals surface area contributed by atoms with Crippen molar-refractivity contribution in [3.8, 4) is 5.75 Å². The van der Waals surface area contributed by atoms with Gasteiger partial charge < -0.3 is 15.0 Å². The molecule has 7 heteroatoms. The van der Waals surface area contributed by atoms with E-state index < -0.39 is 0 Å². The molecule has 1 fully saturated rings. The van der Waals surface area contributed by atoms with E-state index in [4.69, 9.17) is 4.74 Å². The molecule has 7 nitrogen and oxygen atoms in total. The molecule has 0 radical (unpaired) electrons. The highest BCUT2D eigenvalue weighted by Crippen LogP contribution is 2.35. The number of hydrogen-bond donors (Lipinski definition) is 1. The van der Waals surface area contributed by atoms with Gasteiger partial charge in [0.05, 0.1) is 5.69 Å². The van der Waals surface area contributed by atoms with Gasteiger partial charge >= 0.3 is 0 Å². The highest BCUT2D eigenvalue weighted by molar-refractivity contribution is 6.03. The lowest BCUT2D eigenvalue weighted by Gasteiger charge is -2.31. The van der Waals surface area contributed by atoms with E-state index in [1.807, 2.05) is 13.8 Å². The third-order valence-corrected chi connectivity index (χ3v) is 6.10. The second-order valence-corrected chi connectivity index (χ2v) is 8.11.